The van der Waals surface area contributed by atoms with Crippen molar-refractivity contribution < 1.29 is 9.53 Å². The van der Waals surface area contributed by atoms with Crippen molar-refractivity contribution in [1.29, 1.82) is 0 Å². The summed E-state index contributed by atoms with van der Waals surface area (Å²) in [7, 11) is 0. The monoisotopic (exact) mass is 419 g/mol. The van der Waals surface area contributed by atoms with Gasteiger partial charge in [-0.2, -0.15) is 0 Å². The number of ether oxygens (including phenoxy) is 1. The van der Waals surface area contributed by atoms with Gasteiger partial charge in [-0.25, -0.2) is 0 Å². The molecule has 0 amide bonds. The first-order valence-corrected chi connectivity index (χ1v) is 9.48. The SMILES string of the molecule is Cc1ccc2cc(-c3ccc(OCc4ccccc4)c(Br)c3)c(C=O)n2c1. The molecule has 2 heterocycles. The summed E-state index contributed by atoms with van der Waals surface area (Å²) >= 11 is 3.60. The van der Waals surface area contributed by atoms with Crippen LogP contribution < -0.4 is 4.74 Å². The Kier molecular flexibility index (Phi) is 4.82. The van der Waals surface area contributed by atoms with Gasteiger partial charge in [-0.3, -0.25) is 4.79 Å². The molecule has 0 aliphatic heterocycles. The van der Waals surface area contributed by atoms with Gasteiger partial charge in [0.05, 0.1) is 10.2 Å². The molecule has 0 atom stereocenters. The van der Waals surface area contributed by atoms with E-state index in [4.69, 9.17) is 4.74 Å². The van der Waals surface area contributed by atoms with Crippen LogP contribution in [0.3, 0.4) is 0 Å². The fourth-order valence-electron chi connectivity index (χ4n) is 3.17. The lowest BCUT2D eigenvalue weighted by Gasteiger charge is -2.10. The van der Waals surface area contributed by atoms with Crippen LogP contribution in [-0.2, 0) is 6.61 Å². The van der Waals surface area contributed by atoms with Gasteiger partial charge in [-0.1, -0.05) is 42.5 Å². The van der Waals surface area contributed by atoms with Gasteiger partial charge < -0.3 is 9.14 Å². The lowest BCUT2D eigenvalue weighted by atomic mass is 10.1. The predicted octanol–water partition coefficient (Wildman–Crippen LogP) is 6.07. The van der Waals surface area contributed by atoms with Gasteiger partial charge in [0, 0.05) is 17.3 Å². The summed E-state index contributed by atoms with van der Waals surface area (Å²) in [6.45, 7) is 2.52. The fourth-order valence-corrected chi connectivity index (χ4v) is 3.66. The topological polar surface area (TPSA) is 30.7 Å². The van der Waals surface area contributed by atoms with Crippen LogP contribution in [0.4, 0.5) is 0 Å². The Bertz CT molecular complexity index is 1120. The van der Waals surface area contributed by atoms with Crippen molar-refractivity contribution in [2.24, 2.45) is 0 Å². The summed E-state index contributed by atoms with van der Waals surface area (Å²) in [4.78, 5) is 11.7. The van der Waals surface area contributed by atoms with E-state index in [1.54, 1.807) is 0 Å². The van der Waals surface area contributed by atoms with Crippen molar-refractivity contribution in [3.8, 4) is 16.9 Å². The number of benzene rings is 2. The highest BCUT2D eigenvalue weighted by Crippen LogP contribution is 2.34. The quantitative estimate of drug-likeness (QED) is 0.367. The molecule has 3 nitrogen and oxygen atoms in total. The Hall–Kier alpha value is -2.85. The van der Waals surface area contributed by atoms with Crippen LogP contribution >= 0.6 is 15.9 Å². The fraction of sp³-hybridized carbons (Fsp3) is 0.0870. The molecule has 134 valence electrons. The van der Waals surface area contributed by atoms with Crippen molar-refractivity contribution >= 4 is 27.7 Å². The smallest absolute Gasteiger partial charge is 0.167 e. The van der Waals surface area contributed by atoms with E-state index in [0.717, 1.165) is 44.3 Å². The maximum absolute atomic E-state index is 11.7. The summed E-state index contributed by atoms with van der Waals surface area (Å²) in [5.74, 6) is 0.773. The van der Waals surface area contributed by atoms with Crippen LogP contribution in [0.25, 0.3) is 16.6 Å². The second kappa shape index (κ2) is 7.41. The van der Waals surface area contributed by atoms with Crippen molar-refractivity contribution in [2.45, 2.75) is 13.5 Å². The average molecular weight is 420 g/mol. The Labute approximate surface area is 166 Å². The highest BCUT2D eigenvalue weighted by Gasteiger charge is 2.13. The van der Waals surface area contributed by atoms with Crippen molar-refractivity contribution in [3.63, 3.8) is 0 Å². The van der Waals surface area contributed by atoms with Crippen molar-refractivity contribution in [3.05, 3.63) is 94.2 Å². The molecule has 4 rings (SSSR count). The van der Waals surface area contributed by atoms with Gasteiger partial charge in [-0.15, -0.1) is 0 Å². The third-order valence-electron chi connectivity index (χ3n) is 4.55. The summed E-state index contributed by atoms with van der Waals surface area (Å²) in [6, 6.07) is 22.1. The van der Waals surface area contributed by atoms with Crippen LogP contribution in [0.1, 0.15) is 21.6 Å². The van der Waals surface area contributed by atoms with Crippen LogP contribution in [-0.4, -0.2) is 10.7 Å². The molecule has 0 saturated heterocycles. The zero-order valence-corrected chi connectivity index (χ0v) is 16.4. The Morgan fingerprint density at radius 1 is 1.04 bits per heavy atom. The van der Waals surface area contributed by atoms with Gasteiger partial charge in [0.25, 0.3) is 0 Å². The summed E-state index contributed by atoms with van der Waals surface area (Å²) in [6.07, 6.45) is 2.89. The molecule has 0 saturated carbocycles. The van der Waals surface area contributed by atoms with Gasteiger partial charge in [0.2, 0.25) is 0 Å². The minimum atomic E-state index is 0.508. The molecule has 0 bridgehead atoms. The largest absolute Gasteiger partial charge is 0.488 e. The number of aromatic nitrogens is 1. The number of carbonyl (C=O) groups is 1. The minimum Gasteiger partial charge on any atom is -0.488 e. The van der Waals surface area contributed by atoms with E-state index in [1.165, 1.54) is 0 Å². The average Bonchev–Trinajstić information content (AvgIpc) is 3.05. The molecule has 0 N–H and O–H groups in total. The Morgan fingerprint density at radius 3 is 2.59 bits per heavy atom. The minimum absolute atomic E-state index is 0.508. The molecule has 0 aliphatic carbocycles. The summed E-state index contributed by atoms with van der Waals surface area (Å²) in [5, 5.41) is 0. The molecular formula is C23H18BrNO2. The number of aryl methyl sites for hydroxylation is 1. The zero-order chi connectivity index (χ0) is 18.8. The van der Waals surface area contributed by atoms with Gasteiger partial charge >= 0.3 is 0 Å². The summed E-state index contributed by atoms with van der Waals surface area (Å²) < 4.78 is 8.72. The third kappa shape index (κ3) is 3.53. The predicted molar refractivity (Wildman–Crippen MR) is 111 cm³/mol. The second-order valence-electron chi connectivity index (χ2n) is 6.48. The van der Waals surface area contributed by atoms with Crippen LogP contribution in [0, 0.1) is 6.92 Å². The molecule has 4 heteroatoms. The number of rotatable bonds is 5. The molecule has 0 aliphatic rings. The number of carbonyl (C=O) groups excluding carboxylic acids is 1. The maximum atomic E-state index is 11.7. The lowest BCUT2D eigenvalue weighted by Crippen LogP contribution is -1.96. The summed E-state index contributed by atoms with van der Waals surface area (Å²) in [5.41, 5.74) is 5.75. The van der Waals surface area contributed by atoms with E-state index < -0.39 is 0 Å². The highest BCUT2D eigenvalue weighted by molar-refractivity contribution is 9.10. The highest BCUT2D eigenvalue weighted by atomic mass is 79.9. The number of pyridine rings is 1. The lowest BCUT2D eigenvalue weighted by molar-refractivity contribution is 0.111. The molecule has 2 aromatic carbocycles. The molecule has 0 fully saturated rings. The van der Waals surface area contributed by atoms with Gasteiger partial charge in [-0.05, 0) is 63.8 Å². The first-order chi connectivity index (χ1) is 13.2. The number of nitrogens with zero attached hydrogens (tertiary/aromatic N) is 1. The molecule has 0 unspecified atom stereocenters. The molecule has 0 radical (unpaired) electrons. The molecule has 0 spiro atoms. The van der Waals surface area contributed by atoms with E-state index in [2.05, 4.69) is 15.9 Å². The Morgan fingerprint density at radius 2 is 1.85 bits per heavy atom. The molecule has 4 aromatic rings. The first kappa shape index (κ1) is 17.6. The van der Waals surface area contributed by atoms with E-state index in [9.17, 15) is 4.79 Å². The molecule has 2 aromatic heterocycles. The van der Waals surface area contributed by atoms with Crippen LogP contribution in [0.5, 0.6) is 5.75 Å². The molecule has 27 heavy (non-hydrogen) atoms. The standard InChI is InChI=1S/C23H18BrNO2/c1-16-7-9-19-12-20(22(14-26)25(19)13-16)18-8-10-23(21(24)11-18)27-15-17-5-3-2-4-6-17/h2-14H,15H2,1H3. The van der Waals surface area contributed by atoms with E-state index in [0.29, 0.717) is 12.3 Å². The maximum Gasteiger partial charge on any atom is 0.167 e. The molecular weight excluding hydrogens is 402 g/mol. The van der Waals surface area contributed by atoms with Crippen molar-refractivity contribution in [2.75, 3.05) is 0 Å². The Balaban J connectivity index is 1.66. The number of hydrogen-bond acceptors (Lipinski definition) is 2. The number of halogens is 1. The van der Waals surface area contributed by atoms with Gasteiger partial charge in [0.1, 0.15) is 12.4 Å². The van der Waals surface area contributed by atoms with Crippen molar-refractivity contribution in [1.82, 2.24) is 4.40 Å². The van der Waals surface area contributed by atoms with E-state index in [1.807, 2.05) is 84.3 Å². The van der Waals surface area contributed by atoms with Crippen LogP contribution in [0.15, 0.2) is 77.4 Å². The number of fused-ring (bicyclic) bond motifs is 1. The first-order valence-electron chi connectivity index (χ1n) is 8.69. The second-order valence-corrected chi connectivity index (χ2v) is 7.34. The number of hydrogen-bond donors (Lipinski definition) is 0. The third-order valence-corrected chi connectivity index (χ3v) is 5.17. The van der Waals surface area contributed by atoms with E-state index in [-0.39, 0.29) is 0 Å². The van der Waals surface area contributed by atoms with Gasteiger partial charge in [0.15, 0.2) is 6.29 Å². The van der Waals surface area contributed by atoms with E-state index >= 15 is 0 Å². The van der Waals surface area contributed by atoms with Crippen LogP contribution in [0.2, 0.25) is 0 Å². The normalized spacial score (nSPS) is 10.9. The zero-order valence-electron chi connectivity index (χ0n) is 14.9. The number of aldehydes is 1.